The van der Waals surface area contributed by atoms with Gasteiger partial charge >= 0.3 is 0 Å². The van der Waals surface area contributed by atoms with Crippen LogP contribution in [0.25, 0.3) is 0 Å². The molecule has 0 amide bonds. The summed E-state index contributed by atoms with van der Waals surface area (Å²) >= 11 is 0. The summed E-state index contributed by atoms with van der Waals surface area (Å²) in [6.45, 7) is 7.31. The molecule has 0 rings (SSSR count). The summed E-state index contributed by atoms with van der Waals surface area (Å²) in [6.07, 6.45) is 2.40. The molecule has 0 aliphatic rings. The maximum Gasteiger partial charge on any atom is 0.152 e. The molecular weight excluding hydrogens is 244 g/mol. The molecule has 98 valence electrons. The summed E-state index contributed by atoms with van der Waals surface area (Å²) in [5.41, 5.74) is 0. The number of hydrogen-bond donors (Lipinski definition) is 0. The first kappa shape index (κ1) is 16.1. The lowest BCUT2D eigenvalue weighted by molar-refractivity contribution is 0.582. The monoisotopic (exact) mass is 268 g/mol. The summed E-state index contributed by atoms with van der Waals surface area (Å²) in [5.74, 6) is 0.957. The van der Waals surface area contributed by atoms with E-state index in [1.807, 2.05) is 13.8 Å². The fraction of sp³-hybridized carbons (Fsp3) is 1.00. The maximum atomic E-state index is 11.5. The number of unbranched alkanes of at least 4 members (excludes halogenated alkanes) is 2. The average molecular weight is 268 g/mol. The van der Waals surface area contributed by atoms with Gasteiger partial charge in [0, 0.05) is 21.8 Å². The highest BCUT2D eigenvalue weighted by atomic mass is 32.2. The molecule has 0 fully saturated rings. The number of rotatable bonds is 8. The van der Waals surface area contributed by atoms with Gasteiger partial charge in [-0.05, 0) is 26.7 Å². The van der Waals surface area contributed by atoms with Crippen LogP contribution in [0.2, 0.25) is 0 Å². The predicted molar refractivity (Wildman–Crippen MR) is 70.9 cm³/mol. The van der Waals surface area contributed by atoms with Gasteiger partial charge in [0.1, 0.15) is 0 Å². The highest BCUT2D eigenvalue weighted by molar-refractivity contribution is 7.91. The van der Waals surface area contributed by atoms with Crippen LogP contribution in [0.15, 0.2) is 0 Å². The van der Waals surface area contributed by atoms with Crippen molar-refractivity contribution < 1.29 is 12.6 Å². The Labute approximate surface area is 102 Å². The van der Waals surface area contributed by atoms with Crippen LogP contribution in [-0.4, -0.2) is 34.6 Å². The van der Waals surface area contributed by atoms with Crippen LogP contribution >= 0.6 is 0 Å². The van der Waals surface area contributed by atoms with Crippen molar-refractivity contribution in [2.45, 2.75) is 57.5 Å². The van der Waals surface area contributed by atoms with Gasteiger partial charge in [0.05, 0.1) is 11.0 Å². The van der Waals surface area contributed by atoms with Crippen molar-refractivity contribution in [1.29, 1.82) is 0 Å². The van der Waals surface area contributed by atoms with Crippen molar-refractivity contribution in [2.75, 3.05) is 11.5 Å². The minimum Gasteiger partial charge on any atom is -0.259 e. The van der Waals surface area contributed by atoms with Crippen LogP contribution in [-0.2, 0) is 20.6 Å². The molecule has 0 bridgehead atoms. The highest BCUT2D eigenvalue weighted by Crippen LogP contribution is 2.07. The zero-order valence-corrected chi connectivity index (χ0v) is 12.4. The lowest BCUT2D eigenvalue weighted by atomic mass is 10.3. The fourth-order valence-corrected chi connectivity index (χ4v) is 3.23. The first-order chi connectivity index (χ1) is 7.27. The number of hydrogen-bond acceptors (Lipinski definition) is 3. The quantitative estimate of drug-likeness (QED) is 0.634. The second kappa shape index (κ2) is 7.43. The molecule has 16 heavy (non-hydrogen) atoms. The van der Waals surface area contributed by atoms with Crippen LogP contribution in [0.5, 0.6) is 0 Å². The molecule has 0 saturated carbocycles. The standard InChI is InChI=1S/C11H24O3S2/c1-10(2)15(12)8-6-5-7-9-16(13,14)11(3)4/h10-11H,5-9H2,1-4H3. The molecule has 1 atom stereocenters. The van der Waals surface area contributed by atoms with Crippen LogP contribution < -0.4 is 0 Å². The molecule has 0 spiro atoms. The molecule has 0 N–H and O–H groups in total. The first-order valence-electron chi connectivity index (χ1n) is 5.86. The van der Waals surface area contributed by atoms with Gasteiger partial charge in [-0.25, -0.2) is 8.42 Å². The van der Waals surface area contributed by atoms with Gasteiger partial charge in [-0.2, -0.15) is 0 Å². The molecule has 0 aliphatic heterocycles. The Balaban J connectivity index is 3.67. The third kappa shape index (κ3) is 6.63. The van der Waals surface area contributed by atoms with Crippen molar-refractivity contribution >= 4 is 20.6 Å². The van der Waals surface area contributed by atoms with E-state index in [-0.39, 0.29) is 16.3 Å². The molecule has 5 heteroatoms. The summed E-state index contributed by atoms with van der Waals surface area (Å²) in [6, 6.07) is 0. The largest absolute Gasteiger partial charge is 0.259 e. The topological polar surface area (TPSA) is 51.2 Å². The van der Waals surface area contributed by atoms with Gasteiger partial charge < -0.3 is 0 Å². The summed E-state index contributed by atoms with van der Waals surface area (Å²) in [7, 11) is -3.65. The van der Waals surface area contributed by atoms with Crippen LogP contribution in [0, 0.1) is 0 Å². The minimum atomic E-state index is -2.89. The zero-order chi connectivity index (χ0) is 12.8. The van der Waals surface area contributed by atoms with E-state index in [0.717, 1.165) is 12.8 Å². The van der Waals surface area contributed by atoms with Crippen molar-refractivity contribution in [2.24, 2.45) is 0 Å². The molecule has 0 aromatic heterocycles. The molecule has 0 aliphatic carbocycles. The van der Waals surface area contributed by atoms with Gasteiger partial charge in [-0.1, -0.05) is 20.3 Å². The maximum absolute atomic E-state index is 11.5. The SMILES string of the molecule is CC(C)S(=O)CCCCCS(=O)(=O)C(C)C. The molecule has 0 aromatic rings. The Morgan fingerprint density at radius 1 is 1.00 bits per heavy atom. The van der Waals surface area contributed by atoms with Crippen molar-refractivity contribution in [3.63, 3.8) is 0 Å². The van der Waals surface area contributed by atoms with Gasteiger partial charge in [0.2, 0.25) is 0 Å². The Morgan fingerprint density at radius 2 is 1.56 bits per heavy atom. The van der Waals surface area contributed by atoms with Gasteiger partial charge in [-0.15, -0.1) is 0 Å². The van der Waals surface area contributed by atoms with Gasteiger partial charge in [0.25, 0.3) is 0 Å². The van der Waals surface area contributed by atoms with E-state index in [1.54, 1.807) is 13.8 Å². The van der Waals surface area contributed by atoms with Crippen molar-refractivity contribution in [3.05, 3.63) is 0 Å². The summed E-state index contributed by atoms with van der Waals surface area (Å²) < 4.78 is 34.4. The average Bonchev–Trinajstić information content (AvgIpc) is 2.16. The summed E-state index contributed by atoms with van der Waals surface area (Å²) in [5, 5.41) is -0.0725. The second-order valence-corrected chi connectivity index (χ2v) is 9.40. The van der Waals surface area contributed by atoms with Crippen molar-refractivity contribution in [3.8, 4) is 0 Å². The Kier molecular flexibility index (Phi) is 7.48. The Morgan fingerprint density at radius 3 is 2.00 bits per heavy atom. The molecule has 0 saturated heterocycles. The van der Waals surface area contributed by atoms with E-state index in [2.05, 4.69) is 0 Å². The third-order valence-corrected chi connectivity index (χ3v) is 6.56. The lowest BCUT2D eigenvalue weighted by Gasteiger charge is -2.08. The summed E-state index contributed by atoms with van der Waals surface area (Å²) in [4.78, 5) is 0. The van der Waals surface area contributed by atoms with E-state index >= 15 is 0 Å². The second-order valence-electron chi connectivity index (χ2n) is 4.61. The normalized spacial score (nSPS) is 14.6. The molecule has 0 heterocycles. The fourth-order valence-electron chi connectivity index (χ4n) is 1.20. The predicted octanol–water partition coefficient (Wildman–Crippen LogP) is 2.14. The molecule has 0 aromatic carbocycles. The molecule has 3 nitrogen and oxygen atoms in total. The van der Waals surface area contributed by atoms with Crippen LogP contribution in [0.3, 0.4) is 0 Å². The van der Waals surface area contributed by atoms with Crippen LogP contribution in [0.4, 0.5) is 0 Å². The van der Waals surface area contributed by atoms with E-state index in [9.17, 15) is 12.6 Å². The zero-order valence-electron chi connectivity index (χ0n) is 10.7. The minimum absolute atomic E-state index is 0.208. The molecule has 1 unspecified atom stereocenters. The Hall–Kier alpha value is 0.1000. The lowest BCUT2D eigenvalue weighted by Crippen LogP contribution is -2.17. The Bertz CT molecular complexity index is 305. The number of sulfone groups is 1. The van der Waals surface area contributed by atoms with Gasteiger partial charge in [-0.3, -0.25) is 4.21 Å². The van der Waals surface area contributed by atoms with E-state index < -0.39 is 20.6 Å². The van der Waals surface area contributed by atoms with Crippen LogP contribution in [0.1, 0.15) is 47.0 Å². The highest BCUT2D eigenvalue weighted by Gasteiger charge is 2.15. The smallest absolute Gasteiger partial charge is 0.152 e. The van der Waals surface area contributed by atoms with Gasteiger partial charge in [0.15, 0.2) is 9.84 Å². The molecule has 0 radical (unpaired) electrons. The van der Waals surface area contributed by atoms with E-state index in [4.69, 9.17) is 0 Å². The molecular formula is C11H24O3S2. The first-order valence-corrected chi connectivity index (χ1v) is 8.96. The van der Waals surface area contributed by atoms with E-state index in [1.165, 1.54) is 0 Å². The van der Waals surface area contributed by atoms with Crippen molar-refractivity contribution in [1.82, 2.24) is 0 Å². The van der Waals surface area contributed by atoms with E-state index in [0.29, 0.717) is 12.2 Å². The third-order valence-electron chi connectivity index (χ3n) is 2.52.